The van der Waals surface area contributed by atoms with Gasteiger partial charge in [-0.1, -0.05) is 11.8 Å². The maximum absolute atomic E-state index is 12.1. The van der Waals surface area contributed by atoms with Crippen LogP contribution in [0.4, 0.5) is 0 Å². The first kappa shape index (κ1) is 13.3. The van der Waals surface area contributed by atoms with E-state index in [1.807, 2.05) is 18.7 Å². The summed E-state index contributed by atoms with van der Waals surface area (Å²) in [6.07, 6.45) is 3.57. The first-order valence-electron chi connectivity index (χ1n) is 5.98. The molecule has 0 saturated carbocycles. The quantitative estimate of drug-likeness (QED) is 0.608. The second-order valence-electron chi connectivity index (χ2n) is 4.38. The molecule has 0 aromatic carbocycles. The zero-order chi connectivity index (χ0) is 13.0. The average molecular weight is 267 g/mol. The number of amides is 1. The Morgan fingerprint density at radius 1 is 1.39 bits per heavy atom. The molecule has 0 radical (unpaired) electrons. The van der Waals surface area contributed by atoms with Crippen molar-refractivity contribution in [2.24, 2.45) is 0 Å². The molecule has 2 unspecified atom stereocenters. The van der Waals surface area contributed by atoms with Crippen LogP contribution in [0.5, 0.6) is 0 Å². The third-order valence-electron chi connectivity index (χ3n) is 2.64. The molecule has 0 aliphatic carbocycles. The van der Waals surface area contributed by atoms with Crippen molar-refractivity contribution in [1.29, 1.82) is 0 Å². The molecule has 1 aliphatic rings. The van der Waals surface area contributed by atoms with Gasteiger partial charge in [-0.2, -0.15) is 0 Å². The van der Waals surface area contributed by atoms with Crippen molar-refractivity contribution in [1.82, 2.24) is 14.9 Å². The van der Waals surface area contributed by atoms with E-state index in [1.54, 1.807) is 18.5 Å². The lowest BCUT2D eigenvalue weighted by molar-refractivity contribution is -0.140. The van der Waals surface area contributed by atoms with Crippen molar-refractivity contribution in [2.45, 2.75) is 31.2 Å². The van der Waals surface area contributed by atoms with Gasteiger partial charge < -0.3 is 9.64 Å². The van der Waals surface area contributed by atoms with Crippen LogP contribution in [-0.4, -0.2) is 51.8 Å². The van der Waals surface area contributed by atoms with Gasteiger partial charge >= 0.3 is 0 Å². The molecular formula is C12H17N3O2S. The van der Waals surface area contributed by atoms with Crippen molar-refractivity contribution in [3.63, 3.8) is 0 Å². The summed E-state index contributed by atoms with van der Waals surface area (Å²) in [6.45, 7) is 5.31. The molecule has 0 N–H and O–H groups in total. The molecule has 1 aliphatic heterocycles. The highest BCUT2D eigenvalue weighted by molar-refractivity contribution is 7.99. The summed E-state index contributed by atoms with van der Waals surface area (Å²) >= 11 is 1.37. The van der Waals surface area contributed by atoms with Crippen molar-refractivity contribution in [3.8, 4) is 0 Å². The smallest absolute Gasteiger partial charge is 0.233 e. The Morgan fingerprint density at radius 2 is 2.00 bits per heavy atom. The fraction of sp³-hybridized carbons (Fsp3) is 0.583. The molecule has 1 fully saturated rings. The van der Waals surface area contributed by atoms with Gasteiger partial charge in [-0.25, -0.2) is 9.97 Å². The van der Waals surface area contributed by atoms with E-state index in [0.29, 0.717) is 24.0 Å². The zero-order valence-electron chi connectivity index (χ0n) is 10.6. The normalized spacial score (nSPS) is 24.0. The summed E-state index contributed by atoms with van der Waals surface area (Å²) in [6, 6.07) is 1.76. The number of hydrogen-bond donors (Lipinski definition) is 0. The van der Waals surface area contributed by atoms with Crippen LogP contribution in [-0.2, 0) is 9.53 Å². The molecule has 2 rings (SSSR count). The molecule has 1 saturated heterocycles. The van der Waals surface area contributed by atoms with Crippen LogP contribution in [0, 0.1) is 0 Å². The second kappa shape index (κ2) is 6.15. The zero-order valence-corrected chi connectivity index (χ0v) is 11.4. The molecule has 6 heteroatoms. The van der Waals surface area contributed by atoms with Crippen LogP contribution in [0.15, 0.2) is 23.6 Å². The minimum Gasteiger partial charge on any atom is -0.372 e. The van der Waals surface area contributed by atoms with Gasteiger partial charge in [-0.05, 0) is 19.9 Å². The SMILES string of the molecule is CC1CN(C(=O)CSc2ncccn2)CC(C)O1. The number of carbonyl (C=O) groups excluding carboxylic acids is 1. The summed E-state index contributed by atoms with van der Waals surface area (Å²) in [7, 11) is 0. The average Bonchev–Trinajstić information content (AvgIpc) is 2.36. The van der Waals surface area contributed by atoms with Gasteiger partial charge in [0, 0.05) is 25.5 Å². The molecule has 2 atom stereocenters. The maximum atomic E-state index is 12.1. The van der Waals surface area contributed by atoms with Gasteiger partial charge in [0.15, 0.2) is 5.16 Å². The van der Waals surface area contributed by atoms with E-state index in [9.17, 15) is 4.79 Å². The van der Waals surface area contributed by atoms with Gasteiger partial charge in [-0.3, -0.25) is 4.79 Å². The first-order valence-corrected chi connectivity index (χ1v) is 6.97. The molecule has 2 heterocycles. The largest absolute Gasteiger partial charge is 0.372 e. The first-order chi connectivity index (χ1) is 8.65. The predicted molar refractivity (Wildman–Crippen MR) is 69.3 cm³/mol. The molecular weight excluding hydrogens is 250 g/mol. The van der Waals surface area contributed by atoms with Crippen LogP contribution in [0.2, 0.25) is 0 Å². The maximum Gasteiger partial charge on any atom is 0.233 e. The molecule has 0 bridgehead atoms. The van der Waals surface area contributed by atoms with Gasteiger partial charge in [0.05, 0.1) is 18.0 Å². The highest BCUT2D eigenvalue weighted by atomic mass is 32.2. The van der Waals surface area contributed by atoms with Gasteiger partial charge in [0.2, 0.25) is 5.91 Å². The van der Waals surface area contributed by atoms with Crippen LogP contribution >= 0.6 is 11.8 Å². The lowest BCUT2D eigenvalue weighted by Gasteiger charge is -2.35. The summed E-state index contributed by atoms with van der Waals surface area (Å²) < 4.78 is 5.60. The van der Waals surface area contributed by atoms with Gasteiger partial charge in [-0.15, -0.1) is 0 Å². The van der Waals surface area contributed by atoms with E-state index >= 15 is 0 Å². The Balaban J connectivity index is 1.84. The molecule has 1 aromatic heterocycles. The number of ether oxygens (including phenoxy) is 1. The number of hydrogen-bond acceptors (Lipinski definition) is 5. The minimum absolute atomic E-state index is 0.107. The third kappa shape index (κ3) is 3.68. The number of carbonyl (C=O) groups is 1. The van der Waals surface area contributed by atoms with Crippen molar-refractivity contribution in [3.05, 3.63) is 18.5 Å². The van der Waals surface area contributed by atoms with Crippen molar-refractivity contribution < 1.29 is 9.53 Å². The second-order valence-corrected chi connectivity index (χ2v) is 5.32. The number of morpholine rings is 1. The molecule has 18 heavy (non-hydrogen) atoms. The monoisotopic (exact) mass is 267 g/mol. The number of aromatic nitrogens is 2. The summed E-state index contributed by atoms with van der Waals surface area (Å²) in [5, 5.41) is 0.639. The number of nitrogens with zero attached hydrogens (tertiary/aromatic N) is 3. The Bertz CT molecular complexity index is 392. The van der Waals surface area contributed by atoms with Gasteiger partial charge in [0.1, 0.15) is 0 Å². The summed E-state index contributed by atoms with van der Waals surface area (Å²) in [5.41, 5.74) is 0. The standard InChI is InChI=1S/C12H17N3O2S/c1-9-6-15(7-10(2)17-9)11(16)8-18-12-13-4-3-5-14-12/h3-5,9-10H,6-8H2,1-2H3. The fourth-order valence-electron chi connectivity index (χ4n) is 1.96. The van der Waals surface area contributed by atoms with Crippen molar-refractivity contribution >= 4 is 17.7 Å². The molecule has 1 aromatic rings. The van der Waals surface area contributed by atoms with E-state index < -0.39 is 0 Å². The lowest BCUT2D eigenvalue weighted by Crippen LogP contribution is -2.48. The minimum atomic E-state index is 0.107. The molecule has 0 spiro atoms. The Morgan fingerprint density at radius 3 is 2.61 bits per heavy atom. The summed E-state index contributed by atoms with van der Waals surface area (Å²) in [4.78, 5) is 22.1. The highest BCUT2D eigenvalue weighted by Crippen LogP contribution is 2.15. The lowest BCUT2D eigenvalue weighted by atomic mass is 10.2. The molecule has 98 valence electrons. The van der Waals surface area contributed by atoms with E-state index in [-0.39, 0.29) is 18.1 Å². The van der Waals surface area contributed by atoms with Crippen LogP contribution in [0.1, 0.15) is 13.8 Å². The van der Waals surface area contributed by atoms with Crippen LogP contribution in [0.3, 0.4) is 0 Å². The highest BCUT2D eigenvalue weighted by Gasteiger charge is 2.25. The van der Waals surface area contributed by atoms with Gasteiger partial charge in [0.25, 0.3) is 0 Å². The van der Waals surface area contributed by atoms with E-state index in [4.69, 9.17) is 4.74 Å². The third-order valence-corrected chi connectivity index (χ3v) is 3.50. The predicted octanol–water partition coefficient (Wildman–Crippen LogP) is 1.20. The summed E-state index contributed by atoms with van der Waals surface area (Å²) in [5.74, 6) is 0.498. The van der Waals surface area contributed by atoms with E-state index in [1.165, 1.54) is 11.8 Å². The molecule has 5 nitrogen and oxygen atoms in total. The van der Waals surface area contributed by atoms with E-state index in [2.05, 4.69) is 9.97 Å². The molecule has 1 amide bonds. The fourth-order valence-corrected chi connectivity index (χ4v) is 2.66. The van der Waals surface area contributed by atoms with Crippen molar-refractivity contribution in [2.75, 3.05) is 18.8 Å². The Labute approximate surface area is 111 Å². The van der Waals surface area contributed by atoms with E-state index in [0.717, 1.165) is 0 Å². The van der Waals surface area contributed by atoms with Crippen LogP contribution < -0.4 is 0 Å². The Kier molecular flexibility index (Phi) is 4.54. The topological polar surface area (TPSA) is 55.3 Å². The Hall–Kier alpha value is -1.14. The van der Waals surface area contributed by atoms with Crippen LogP contribution in [0.25, 0.3) is 0 Å². The number of thioether (sulfide) groups is 1. The number of rotatable bonds is 3.